The third-order valence-corrected chi connectivity index (χ3v) is 6.44. The number of hydrogen-bond donors (Lipinski definition) is 2. The summed E-state index contributed by atoms with van der Waals surface area (Å²) in [4.78, 5) is 52.6. The molecule has 2 N–H and O–H groups in total. The van der Waals surface area contributed by atoms with Crippen LogP contribution < -0.4 is 15.5 Å². The Morgan fingerprint density at radius 3 is 2.61 bits per heavy atom. The van der Waals surface area contributed by atoms with Crippen molar-refractivity contribution in [2.45, 2.75) is 37.8 Å². The van der Waals surface area contributed by atoms with E-state index in [1.807, 2.05) is 6.07 Å². The molecule has 0 aliphatic carbocycles. The number of amides is 4. The minimum Gasteiger partial charge on any atom is -0.371 e. The Morgan fingerprint density at radius 2 is 1.79 bits per heavy atom. The van der Waals surface area contributed by atoms with Gasteiger partial charge in [-0.1, -0.05) is 0 Å². The average molecular weight is 382 g/mol. The number of rotatable bonds is 2. The molecule has 1 aromatic carbocycles. The van der Waals surface area contributed by atoms with Crippen molar-refractivity contribution < 1.29 is 19.2 Å². The molecule has 4 aliphatic rings. The highest BCUT2D eigenvalue weighted by Crippen LogP contribution is 2.33. The molecule has 3 atom stereocenters. The number of piperidine rings is 2. The van der Waals surface area contributed by atoms with Crippen molar-refractivity contribution in [1.29, 1.82) is 0 Å². The molecule has 0 radical (unpaired) electrons. The Labute approximate surface area is 162 Å². The molecule has 1 aromatic rings. The maximum absolute atomic E-state index is 13.0. The number of carbonyl (C=O) groups excluding carboxylic acids is 4. The van der Waals surface area contributed by atoms with E-state index in [1.54, 1.807) is 12.1 Å². The number of anilines is 1. The first kappa shape index (κ1) is 17.4. The van der Waals surface area contributed by atoms with Gasteiger partial charge >= 0.3 is 0 Å². The molecule has 4 heterocycles. The Hall–Kier alpha value is -2.74. The lowest BCUT2D eigenvalue weighted by atomic mass is 9.93. The van der Waals surface area contributed by atoms with Gasteiger partial charge in [0.1, 0.15) is 6.04 Å². The van der Waals surface area contributed by atoms with E-state index in [-0.39, 0.29) is 18.7 Å². The largest absolute Gasteiger partial charge is 0.371 e. The number of carbonyl (C=O) groups is 4. The molecule has 1 unspecified atom stereocenters. The maximum Gasteiger partial charge on any atom is 0.262 e. The second kappa shape index (κ2) is 6.41. The molecule has 8 nitrogen and oxygen atoms in total. The maximum atomic E-state index is 13.0. The SMILES string of the molecule is O=C1CCC(N2C(=O)c3ccc(N4CC[C@@H]5NCC[C@@H]5C4)cc3C2=O)C(=O)N1. The van der Waals surface area contributed by atoms with Crippen molar-refractivity contribution in [1.82, 2.24) is 15.5 Å². The standard InChI is InChI=1S/C20H22N4O4/c25-17-4-3-16(18(26)22-17)24-19(27)13-2-1-12(9-14(13)20(24)28)23-8-6-15-11(10-23)5-7-21-15/h1-2,9,11,15-16,21H,3-8,10H2,(H,22,25,26)/t11-,15+,16?/m1/s1. The van der Waals surface area contributed by atoms with Crippen molar-refractivity contribution in [2.75, 3.05) is 24.5 Å². The minimum absolute atomic E-state index is 0.124. The van der Waals surface area contributed by atoms with Gasteiger partial charge in [-0.25, -0.2) is 0 Å². The van der Waals surface area contributed by atoms with Crippen LogP contribution in [-0.2, 0) is 9.59 Å². The summed E-state index contributed by atoms with van der Waals surface area (Å²) in [7, 11) is 0. The minimum atomic E-state index is -0.922. The van der Waals surface area contributed by atoms with Crippen LogP contribution in [0.5, 0.6) is 0 Å². The zero-order chi connectivity index (χ0) is 19.4. The monoisotopic (exact) mass is 382 g/mol. The number of nitrogens with zero attached hydrogens (tertiary/aromatic N) is 2. The third kappa shape index (κ3) is 2.63. The van der Waals surface area contributed by atoms with Crippen LogP contribution in [0.1, 0.15) is 46.4 Å². The molecule has 0 aromatic heterocycles. The van der Waals surface area contributed by atoms with Gasteiger partial charge in [0, 0.05) is 31.2 Å². The lowest BCUT2D eigenvalue weighted by Crippen LogP contribution is -2.54. The van der Waals surface area contributed by atoms with Crippen LogP contribution in [-0.4, -0.2) is 60.2 Å². The van der Waals surface area contributed by atoms with E-state index in [1.165, 1.54) is 0 Å². The van der Waals surface area contributed by atoms with Crippen LogP contribution in [0.3, 0.4) is 0 Å². The summed E-state index contributed by atoms with van der Waals surface area (Å²) in [5.41, 5.74) is 1.62. The molecule has 3 fully saturated rings. The number of hydrogen-bond acceptors (Lipinski definition) is 6. The zero-order valence-corrected chi connectivity index (χ0v) is 15.4. The predicted molar refractivity (Wildman–Crippen MR) is 99.8 cm³/mol. The van der Waals surface area contributed by atoms with Gasteiger partial charge in [-0.15, -0.1) is 0 Å². The highest BCUT2D eigenvalue weighted by atomic mass is 16.2. The van der Waals surface area contributed by atoms with Crippen molar-refractivity contribution in [3.63, 3.8) is 0 Å². The number of imide groups is 2. The highest BCUT2D eigenvalue weighted by molar-refractivity contribution is 6.23. The summed E-state index contributed by atoms with van der Waals surface area (Å²) >= 11 is 0. The Kier molecular flexibility index (Phi) is 3.97. The topological polar surface area (TPSA) is 98.8 Å². The van der Waals surface area contributed by atoms with Gasteiger partial charge in [0.15, 0.2) is 0 Å². The molecule has 5 rings (SSSR count). The first-order valence-electron chi connectivity index (χ1n) is 9.87. The van der Waals surface area contributed by atoms with E-state index in [2.05, 4.69) is 15.5 Å². The van der Waals surface area contributed by atoms with Gasteiger partial charge in [-0.3, -0.25) is 29.4 Å². The number of benzene rings is 1. The van der Waals surface area contributed by atoms with E-state index < -0.39 is 23.8 Å². The average Bonchev–Trinajstić information content (AvgIpc) is 3.25. The van der Waals surface area contributed by atoms with Gasteiger partial charge in [0.25, 0.3) is 11.8 Å². The molecule has 0 spiro atoms. The van der Waals surface area contributed by atoms with E-state index in [0.29, 0.717) is 23.1 Å². The number of fused-ring (bicyclic) bond motifs is 2. The molecule has 146 valence electrons. The third-order valence-electron chi connectivity index (χ3n) is 6.44. The lowest BCUT2D eigenvalue weighted by molar-refractivity contribution is -0.136. The molecule has 3 saturated heterocycles. The van der Waals surface area contributed by atoms with Crippen molar-refractivity contribution in [3.8, 4) is 0 Å². The smallest absolute Gasteiger partial charge is 0.262 e. The normalized spacial score (nSPS) is 29.8. The second-order valence-electron chi connectivity index (χ2n) is 8.02. The van der Waals surface area contributed by atoms with Crippen LogP contribution in [0.25, 0.3) is 0 Å². The Morgan fingerprint density at radius 1 is 0.964 bits per heavy atom. The molecule has 4 amide bonds. The van der Waals surface area contributed by atoms with E-state index in [0.717, 1.165) is 43.1 Å². The predicted octanol–water partition coefficient (Wildman–Crippen LogP) is 0.276. The highest BCUT2D eigenvalue weighted by Gasteiger charge is 2.45. The van der Waals surface area contributed by atoms with Gasteiger partial charge in [0.2, 0.25) is 11.8 Å². The van der Waals surface area contributed by atoms with Gasteiger partial charge in [-0.05, 0) is 49.9 Å². The molecule has 28 heavy (non-hydrogen) atoms. The van der Waals surface area contributed by atoms with Crippen molar-refractivity contribution >= 4 is 29.3 Å². The number of nitrogens with one attached hydrogen (secondary N) is 2. The van der Waals surface area contributed by atoms with Crippen LogP contribution >= 0.6 is 0 Å². The van der Waals surface area contributed by atoms with E-state index in [4.69, 9.17) is 0 Å². The first-order chi connectivity index (χ1) is 13.5. The summed E-state index contributed by atoms with van der Waals surface area (Å²) in [5.74, 6) is -1.25. The summed E-state index contributed by atoms with van der Waals surface area (Å²) < 4.78 is 0. The van der Waals surface area contributed by atoms with E-state index in [9.17, 15) is 19.2 Å². The van der Waals surface area contributed by atoms with Gasteiger partial charge < -0.3 is 10.2 Å². The Bertz CT molecular complexity index is 898. The summed E-state index contributed by atoms with van der Waals surface area (Å²) in [6.45, 7) is 2.91. The van der Waals surface area contributed by atoms with Crippen molar-refractivity contribution in [3.05, 3.63) is 29.3 Å². The quantitative estimate of drug-likeness (QED) is 0.713. The summed E-state index contributed by atoms with van der Waals surface area (Å²) in [6.07, 6.45) is 2.52. The fourth-order valence-corrected chi connectivity index (χ4v) is 4.94. The zero-order valence-electron chi connectivity index (χ0n) is 15.4. The molecule has 4 aliphatic heterocycles. The summed E-state index contributed by atoms with van der Waals surface area (Å²) in [5, 5.41) is 5.76. The second-order valence-corrected chi connectivity index (χ2v) is 8.02. The van der Waals surface area contributed by atoms with Gasteiger partial charge in [-0.2, -0.15) is 0 Å². The summed E-state index contributed by atoms with van der Waals surface area (Å²) in [6, 6.07) is 5.02. The fraction of sp³-hybridized carbons (Fsp3) is 0.500. The first-order valence-corrected chi connectivity index (χ1v) is 9.87. The fourth-order valence-electron chi connectivity index (χ4n) is 4.94. The lowest BCUT2D eigenvalue weighted by Gasteiger charge is -2.36. The van der Waals surface area contributed by atoms with Crippen LogP contribution in [0, 0.1) is 5.92 Å². The van der Waals surface area contributed by atoms with Crippen LogP contribution in [0.2, 0.25) is 0 Å². The van der Waals surface area contributed by atoms with Crippen LogP contribution in [0.4, 0.5) is 5.69 Å². The van der Waals surface area contributed by atoms with Crippen molar-refractivity contribution in [2.24, 2.45) is 5.92 Å². The van der Waals surface area contributed by atoms with E-state index >= 15 is 0 Å². The van der Waals surface area contributed by atoms with Crippen LogP contribution in [0.15, 0.2) is 18.2 Å². The molecule has 0 saturated carbocycles. The van der Waals surface area contributed by atoms with Gasteiger partial charge in [0.05, 0.1) is 11.1 Å². The molecule has 8 heteroatoms. The molecule has 0 bridgehead atoms. The molecular weight excluding hydrogens is 360 g/mol. The Balaban J connectivity index is 1.40. The molecular formula is C20H22N4O4.